The molecule has 6 nitrogen and oxygen atoms in total. The van der Waals surface area contributed by atoms with Gasteiger partial charge in [-0.05, 0) is 39.2 Å². The monoisotopic (exact) mass is 399 g/mol. The van der Waals surface area contributed by atoms with Crippen molar-refractivity contribution in [2.45, 2.75) is 44.3 Å². The van der Waals surface area contributed by atoms with E-state index in [1.54, 1.807) is 11.8 Å². The van der Waals surface area contributed by atoms with Crippen molar-refractivity contribution in [3.63, 3.8) is 0 Å². The summed E-state index contributed by atoms with van der Waals surface area (Å²) in [5.41, 5.74) is 2.70. The zero-order chi connectivity index (χ0) is 19.9. The molecule has 0 radical (unpaired) electrons. The van der Waals surface area contributed by atoms with E-state index in [1.165, 1.54) is 11.8 Å². The van der Waals surface area contributed by atoms with E-state index in [0.29, 0.717) is 24.7 Å². The first kappa shape index (κ1) is 20.3. The summed E-state index contributed by atoms with van der Waals surface area (Å²) in [6, 6.07) is 11.4. The van der Waals surface area contributed by atoms with Gasteiger partial charge in [-0.2, -0.15) is 0 Å². The summed E-state index contributed by atoms with van der Waals surface area (Å²) >= 11 is 1.31. The van der Waals surface area contributed by atoms with Crippen molar-refractivity contribution in [1.82, 2.24) is 14.9 Å². The smallest absolute Gasteiger partial charge is 0.328 e. The summed E-state index contributed by atoms with van der Waals surface area (Å²) in [5, 5.41) is 0.567. The van der Waals surface area contributed by atoms with Gasteiger partial charge in [-0.3, -0.25) is 4.79 Å². The first-order valence-electron chi connectivity index (χ1n) is 9.58. The highest BCUT2D eigenvalue weighted by atomic mass is 32.2. The van der Waals surface area contributed by atoms with E-state index in [0.717, 1.165) is 29.8 Å². The Kier molecular flexibility index (Phi) is 7.03. The summed E-state index contributed by atoms with van der Waals surface area (Å²) in [6.07, 6.45) is 2.50. The number of aryl methyl sites for hydroxylation is 1. The highest BCUT2D eigenvalue weighted by molar-refractivity contribution is 7.99. The second-order valence-corrected chi connectivity index (χ2v) is 7.63. The number of ether oxygens (including phenoxy) is 1. The maximum atomic E-state index is 12.8. The normalized spacial score (nSPS) is 16.6. The third-order valence-electron chi connectivity index (χ3n) is 4.61. The molecule has 1 saturated heterocycles. The van der Waals surface area contributed by atoms with Crippen molar-refractivity contribution >= 4 is 23.6 Å². The number of carbonyl (C=O) groups excluding carboxylic acids is 2. The van der Waals surface area contributed by atoms with E-state index >= 15 is 0 Å². The van der Waals surface area contributed by atoms with Gasteiger partial charge in [0.05, 0.1) is 18.1 Å². The average Bonchev–Trinajstić information content (AvgIpc) is 2.72. The Morgan fingerprint density at radius 2 is 2.00 bits per heavy atom. The molecule has 1 fully saturated rings. The molecule has 148 valence electrons. The number of esters is 1. The van der Waals surface area contributed by atoms with Crippen LogP contribution in [-0.2, 0) is 14.3 Å². The minimum Gasteiger partial charge on any atom is -0.464 e. The number of nitrogens with zero attached hydrogens (tertiary/aromatic N) is 3. The summed E-state index contributed by atoms with van der Waals surface area (Å²) < 4.78 is 5.14. The fraction of sp³-hybridized carbons (Fsp3) is 0.429. The number of carbonyl (C=O) groups is 2. The molecule has 0 bridgehead atoms. The van der Waals surface area contributed by atoms with E-state index in [9.17, 15) is 9.59 Å². The largest absolute Gasteiger partial charge is 0.464 e. The number of piperidine rings is 1. The lowest BCUT2D eigenvalue weighted by Gasteiger charge is -2.33. The summed E-state index contributed by atoms with van der Waals surface area (Å²) in [6.45, 7) is 4.61. The van der Waals surface area contributed by atoms with Gasteiger partial charge in [0.25, 0.3) is 0 Å². The van der Waals surface area contributed by atoms with Crippen molar-refractivity contribution in [3.8, 4) is 11.3 Å². The Labute approximate surface area is 169 Å². The molecule has 1 aromatic carbocycles. The number of thioether (sulfide) groups is 1. The predicted octanol–water partition coefficient (Wildman–Crippen LogP) is 3.49. The van der Waals surface area contributed by atoms with Crippen LogP contribution in [-0.4, -0.2) is 51.7 Å². The number of rotatable bonds is 6. The van der Waals surface area contributed by atoms with Gasteiger partial charge in [0.1, 0.15) is 6.04 Å². The molecular formula is C21H25N3O3S. The molecular weight excluding hydrogens is 374 g/mol. The van der Waals surface area contributed by atoms with Gasteiger partial charge in [-0.1, -0.05) is 42.1 Å². The second-order valence-electron chi connectivity index (χ2n) is 6.68. The molecule has 28 heavy (non-hydrogen) atoms. The number of aromatic nitrogens is 2. The number of amides is 1. The molecule has 1 aromatic heterocycles. The molecule has 7 heteroatoms. The molecule has 1 atom stereocenters. The third-order valence-corrected chi connectivity index (χ3v) is 5.44. The fourth-order valence-electron chi connectivity index (χ4n) is 3.29. The molecule has 2 aromatic rings. The molecule has 1 aliphatic heterocycles. The zero-order valence-corrected chi connectivity index (χ0v) is 17.1. The van der Waals surface area contributed by atoms with Gasteiger partial charge in [0.2, 0.25) is 5.91 Å². The minimum atomic E-state index is -0.472. The quantitative estimate of drug-likeness (QED) is 0.421. The van der Waals surface area contributed by atoms with Crippen molar-refractivity contribution < 1.29 is 14.3 Å². The second kappa shape index (κ2) is 9.68. The van der Waals surface area contributed by atoms with Gasteiger partial charge in [0, 0.05) is 17.8 Å². The van der Waals surface area contributed by atoms with Crippen LogP contribution in [0.25, 0.3) is 11.3 Å². The van der Waals surface area contributed by atoms with Crippen LogP contribution in [0.2, 0.25) is 0 Å². The Bertz CT molecular complexity index is 829. The van der Waals surface area contributed by atoms with E-state index in [4.69, 9.17) is 4.74 Å². The standard InChI is InChI=1S/C21H25N3O3S/c1-3-27-20(26)18-11-7-8-12-24(18)19(25)14-28-21-22-15(2)13-17(23-21)16-9-5-4-6-10-16/h4-6,9-10,13,18H,3,7-8,11-12,14H2,1-2H3/t18-/m0/s1. The van der Waals surface area contributed by atoms with Crippen molar-refractivity contribution in [3.05, 3.63) is 42.1 Å². The van der Waals surface area contributed by atoms with E-state index in [2.05, 4.69) is 9.97 Å². The van der Waals surface area contributed by atoms with Crippen molar-refractivity contribution in [2.24, 2.45) is 0 Å². The summed E-state index contributed by atoms with van der Waals surface area (Å²) in [7, 11) is 0. The average molecular weight is 400 g/mol. The Morgan fingerprint density at radius 3 is 2.75 bits per heavy atom. The number of likely N-dealkylation sites (tertiary alicyclic amines) is 1. The molecule has 0 unspecified atom stereocenters. The van der Waals surface area contributed by atoms with Crippen LogP contribution < -0.4 is 0 Å². The first-order chi connectivity index (χ1) is 13.6. The minimum absolute atomic E-state index is 0.0749. The number of hydrogen-bond donors (Lipinski definition) is 0. The van der Waals surface area contributed by atoms with Crippen molar-refractivity contribution in [2.75, 3.05) is 18.9 Å². The molecule has 3 rings (SSSR count). The lowest BCUT2D eigenvalue weighted by molar-refractivity contribution is -0.155. The van der Waals surface area contributed by atoms with E-state index in [1.807, 2.05) is 43.3 Å². The first-order valence-corrected chi connectivity index (χ1v) is 10.6. The van der Waals surface area contributed by atoms with Crippen LogP contribution in [0.3, 0.4) is 0 Å². The van der Waals surface area contributed by atoms with E-state index in [-0.39, 0.29) is 17.6 Å². The van der Waals surface area contributed by atoms with E-state index < -0.39 is 6.04 Å². The molecule has 0 N–H and O–H groups in total. The SMILES string of the molecule is CCOC(=O)[C@@H]1CCCCN1C(=O)CSc1nc(C)cc(-c2ccccc2)n1. The van der Waals surface area contributed by atoms with Gasteiger partial charge >= 0.3 is 5.97 Å². The van der Waals surface area contributed by atoms with Crippen LogP contribution in [0, 0.1) is 6.92 Å². The Balaban J connectivity index is 1.68. The fourth-order valence-corrected chi connectivity index (χ4v) is 4.08. The molecule has 2 heterocycles. The van der Waals surface area contributed by atoms with Crippen LogP contribution in [0.5, 0.6) is 0 Å². The molecule has 0 saturated carbocycles. The summed E-state index contributed by atoms with van der Waals surface area (Å²) in [5.74, 6) is -0.180. The third kappa shape index (κ3) is 5.10. The zero-order valence-electron chi connectivity index (χ0n) is 16.3. The lowest BCUT2D eigenvalue weighted by Crippen LogP contribution is -2.49. The Hall–Kier alpha value is -2.41. The maximum absolute atomic E-state index is 12.8. The van der Waals surface area contributed by atoms with Gasteiger partial charge in [-0.25, -0.2) is 14.8 Å². The predicted molar refractivity (Wildman–Crippen MR) is 109 cm³/mol. The number of hydrogen-bond acceptors (Lipinski definition) is 6. The van der Waals surface area contributed by atoms with Gasteiger partial charge in [0.15, 0.2) is 5.16 Å². The van der Waals surface area contributed by atoms with Crippen LogP contribution in [0.4, 0.5) is 0 Å². The van der Waals surface area contributed by atoms with Gasteiger partial charge < -0.3 is 9.64 Å². The molecule has 0 spiro atoms. The highest BCUT2D eigenvalue weighted by Crippen LogP contribution is 2.24. The molecule has 0 aliphatic carbocycles. The number of benzene rings is 1. The maximum Gasteiger partial charge on any atom is 0.328 e. The molecule has 1 amide bonds. The lowest BCUT2D eigenvalue weighted by atomic mass is 10.0. The summed E-state index contributed by atoms with van der Waals surface area (Å²) in [4.78, 5) is 35.7. The van der Waals surface area contributed by atoms with Crippen LogP contribution >= 0.6 is 11.8 Å². The van der Waals surface area contributed by atoms with Crippen molar-refractivity contribution in [1.29, 1.82) is 0 Å². The molecule has 1 aliphatic rings. The topological polar surface area (TPSA) is 72.4 Å². The van der Waals surface area contributed by atoms with Crippen LogP contribution in [0.1, 0.15) is 31.9 Å². The van der Waals surface area contributed by atoms with Crippen LogP contribution in [0.15, 0.2) is 41.6 Å². The van der Waals surface area contributed by atoms with Gasteiger partial charge in [-0.15, -0.1) is 0 Å². The highest BCUT2D eigenvalue weighted by Gasteiger charge is 2.33. The Morgan fingerprint density at radius 1 is 1.21 bits per heavy atom.